The molecule has 0 aliphatic carbocycles. The van der Waals surface area contributed by atoms with E-state index >= 15 is 0 Å². The topological polar surface area (TPSA) is 74.9 Å². The number of fused-ring (bicyclic) bond motifs is 1. The van der Waals surface area contributed by atoms with Crippen molar-refractivity contribution in [2.45, 2.75) is 18.8 Å². The molecule has 4 aromatic rings. The van der Waals surface area contributed by atoms with Crippen LogP contribution >= 0.6 is 0 Å². The van der Waals surface area contributed by atoms with Crippen LogP contribution in [0.4, 0.5) is 9.18 Å². The van der Waals surface area contributed by atoms with Crippen molar-refractivity contribution in [1.29, 1.82) is 0 Å². The summed E-state index contributed by atoms with van der Waals surface area (Å²) in [6.45, 7) is 0.285. The number of carbonyl (C=O) groups is 1. The minimum absolute atomic E-state index is 0.0343. The van der Waals surface area contributed by atoms with Gasteiger partial charge in [-0.3, -0.25) is 0 Å². The molecule has 0 aliphatic heterocycles. The Hall–Kier alpha value is -3.84. The van der Waals surface area contributed by atoms with Crippen molar-refractivity contribution in [2.75, 3.05) is 13.6 Å². The second kappa shape index (κ2) is 9.75. The predicted molar refractivity (Wildman–Crippen MR) is 124 cm³/mol. The van der Waals surface area contributed by atoms with Crippen molar-refractivity contribution < 1.29 is 24.1 Å². The van der Waals surface area contributed by atoms with Gasteiger partial charge in [0.25, 0.3) is 0 Å². The molecule has 2 unspecified atom stereocenters. The first-order chi connectivity index (χ1) is 15.9. The molecule has 7 heteroatoms. The molecule has 0 bridgehead atoms. The number of hydrogen-bond acceptors (Lipinski definition) is 3. The fourth-order valence-electron chi connectivity index (χ4n) is 3.90. The van der Waals surface area contributed by atoms with Crippen LogP contribution in [-0.4, -0.2) is 45.5 Å². The Labute approximate surface area is 191 Å². The summed E-state index contributed by atoms with van der Waals surface area (Å²) in [7, 11) is 1.44. The Kier molecular flexibility index (Phi) is 6.60. The SMILES string of the molecule is CN(CC(O)C(c1ccccc1)n1ccc2cc(OCc3ccc(F)cc3)ccc21)C(=O)O. The summed E-state index contributed by atoms with van der Waals surface area (Å²) in [6.07, 6.45) is -0.171. The lowest BCUT2D eigenvalue weighted by molar-refractivity contribution is 0.0850. The molecule has 4 rings (SSSR count). The van der Waals surface area contributed by atoms with E-state index in [2.05, 4.69) is 0 Å². The Bertz CT molecular complexity index is 1220. The quantitative estimate of drug-likeness (QED) is 0.401. The normalized spacial score (nSPS) is 12.9. The lowest BCUT2D eigenvalue weighted by atomic mass is 10.0. The van der Waals surface area contributed by atoms with E-state index in [0.29, 0.717) is 12.4 Å². The second-order valence-corrected chi connectivity index (χ2v) is 7.94. The van der Waals surface area contributed by atoms with Gasteiger partial charge < -0.3 is 24.4 Å². The van der Waals surface area contributed by atoms with Gasteiger partial charge in [-0.2, -0.15) is 0 Å². The molecule has 33 heavy (non-hydrogen) atoms. The number of rotatable bonds is 8. The van der Waals surface area contributed by atoms with Crippen molar-refractivity contribution in [3.8, 4) is 5.75 Å². The van der Waals surface area contributed by atoms with Crippen molar-refractivity contribution in [2.24, 2.45) is 0 Å². The summed E-state index contributed by atoms with van der Waals surface area (Å²) >= 11 is 0. The molecule has 3 aromatic carbocycles. The fraction of sp³-hybridized carbons (Fsp3) is 0.192. The fourth-order valence-corrected chi connectivity index (χ4v) is 3.90. The Balaban J connectivity index is 1.61. The third kappa shape index (κ3) is 5.15. The highest BCUT2D eigenvalue weighted by molar-refractivity contribution is 5.82. The summed E-state index contributed by atoms with van der Waals surface area (Å²) in [4.78, 5) is 12.4. The zero-order chi connectivity index (χ0) is 23.4. The number of carboxylic acid groups (broad SMARTS) is 1. The smallest absolute Gasteiger partial charge is 0.407 e. The van der Waals surface area contributed by atoms with Crippen LogP contribution in [0.15, 0.2) is 85.1 Å². The van der Waals surface area contributed by atoms with Crippen LogP contribution in [0.2, 0.25) is 0 Å². The Morgan fingerprint density at radius 1 is 1.06 bits per heavy atom. The number of hydrogen-bond donors (Lipinski definition) is 2. The van der Waals surface area contributed by atoms with Crippen LogP contribution in [0.1, 0.15) is 17.2 Å². The van der Waals surface area contributed by atoms with Crippen molar-refractivity contribution in [3.05, 3.63) is 102 Å². The first-order valence-electron chi connectivity index (χ1n) is 10.6. The van der Waals surface area contributed by atoms with Crippen molar-refractivity contribution in [3.63, 3.8) is 0 Å². The summed E-state index contributed by atoms with van der Waals surface area (Å²) in [6, 6.07) is 22.8. The minimum atomic E-state index is -1.10. The largest absolute Gasteiger partial charge is 0.489 e. The van der Waals surface area contributed by atoms with Gasteiger partial charge in [0, 0.05) is 24.1 Å². The van der Waals surface area contributed by atoms with Crippen LogP contribution in [-0.2, 0) is 6.61 Å². The molecular weight excluding hydrogens is 423 g/mol. The molecular formula is C26H25FN2O4. The second-order valence-electron chi connectivity index (χ2n) is 7.94. The third-order valence-electron chi connectivity index (χ3n) is 5.60. The van der Waals surface area contributed by atoms with Gasteiger partial charge in [0.1, 0.15) is 18.2 Å². The van der Waals surface area contributed by atoms with Gasteiger partial charge in [-0.25, -0.2) is 9.18 Å². The molecule has 6 nitrogen and oxygen atoms in total. The maximum Gasteiger partial charge on any atom is 0.407 e. The summed E-state index contributed by atoms with van der Waals surface area (Å²) in [5.74, 6) is 0.387. The van der Waals surface area contributed by atoms with Gasteiger partial charge >= 0.3 is 6.09 Å². The molecule has 0 aliphatic rings. The van der Waals surface area contributed by atoms with Gasteiger partial charge in [-0.1, -0.05) is 42.5 Å². The molecule has 0 saturated heterocycles. The van der Waals surface area contributed by atoms with Crippen molar-refractivity contribution in [1.82, 2.24) is 9.47 Å². The number of benzene rings is 3. The van der Waals surface area contributed by atoms with E-state index in [1.54, 1.807) is 12.1 Å². The van der Waals surface area contributed by atoms with Gasteiger partial charge in [0.2, 0.25) is 0 Å². The highest BCUT2D eigenvalue weighted by atomic mass is 19.1. The molecule has 2 atom stereocenters. The molecule has 0 spiro atoms. The van der Waals surface area contributed by atoms with E-state index < -0.39 is 18.2 Å². The molecule has 170 valence electrons. The number of aliphatic hydroxyl groups excluding tert-OH is 1. The molecule has 1 aromatic heterocycles. The average Bonchev–Trinajstić information content (AvgIpc) is 3.22. The van der Waals surface area contributed by atoms with E-state index in [1.807, 2.05) is 65.4 Å². The summed E-state index contributed by atoms with van der Waals surface area (Å²) in [5.41, 5.74) is 2.62. The molecule has 2 N–H and O–H groups in total. The van der Waals surface area contributed by atoms with Crippen LogP contribution in [0.3, 0.4) is 0 Å². The Morgan fingerprint density at radius 2 is 1.79 bits per heavy atom. The maximum atomic E-state index is 13.1. The highest BCUT2D eigenvalue weighted by Crippen LogP contribution is 2.30. The molecule has 0 fully saturated rings. The van der Waals surface area contributed by atoms with E-state index in [0.717, 1.165) is 26.9 Å². The number of ether oxygens (including phenoxy) is 1. The van der Waals surface area contributed by atoms with Gasteiger partial charge in [0.15, 0.2) is 0 Å². The standard InChI is InChI=1S/C26H25FN2O4/c1-28(26(31)32)16-24(30)25(19-5-3-2-4-6-19)29-14-13-20-15-22(11-12-23(20)29)33-17-18-7-9-21(27)10-8-18/h2-15,24-25,30H,16-17H2,1H3,(H,31,32). The van der Waals surface area contributed by atoms with Crippen LogP contribution in [0.25, 0.3) is 10.9 Å². The zero-order valence-corrected chi connectivity index (χ0v) is 18.1. The number of amides is 1. The Morgan fingerprint density at radius 3 is 2.48 bits per heavy atom. The highest BCUT2D eigenvalue weighted by Gasteiger charge is 2.26. The third-order valence-corrected chi connectivity index (χ3v) is 5.60. The van der Waals surface area contributed by atoms with E-state index in [9.17, 15) is 19.4 Å². The lowest BCUT2D eigenvalue weighted by Gasteiger charge is -2.28. The first kappa shape index (κ1) is 22.4. The molecule has 1 heterocycles. The average molecular weight is 448 g/mol. The number of aliphatic hydroxyl groups is 1. The number of aromatic nitrogens is 1. The molecule has 1 amide bonds. The predicted octanol–water partition coefficient (Wildman–Crippen LogP) is 4.92. The number of halogens is 1. The number of nitrogens with zero attached hydrogens (tertiary/aromatic N) is 2. The van der Waals surface area contributed by atoms with Gasteiger partial charge in [-0.15, -0.1) is 0 Å². The van der Waals surface area contributed by atoms with Crippen LogP contribution in [0.5, 0.6) is 5.75 Å². The van der Waals surface area contributed by atoms with Crippen LogP contribution in [0, 0.1) is 5.82 Å². The lowest BCUT2D eigenvalue weighted by Crippen LogP contribution is -2.38. The molecule has 0 saturated carbocycles. The van der Waals surface area contributed by atoms with Gasteiger partial charge in [-0.05, 0) is 47.5 Å². The minimum Gasteiger partial charge on any atom is -0.489 e. The van der Waals surface area contributed by atoms with E-state index in [4.69, 9.17) is 4.74 Å². The summed E-state index contributed by atoms with van der Waals surface area (Å²) < 4.78 is 20.9. The summed E-state index contributed by atoms with van der Waals surface area (Å²) in [5, 5.41) is 21.2. The maximum absolute atomic E-state index is 13.1. The van der Waals surface area contributed by atoms with Gasteiger partial charge in [0.05, 0.1) is 18.7 Å². The van der Waals surface area contributed by atoms with E-state index in [-0.39, 0.29) is 12.4 Å². The zero-order valence-electron chi connectivity index (χ0n) is 18.1. The molecule has 0 radical (unpaired) electrons. The van der Waals surface area contributed by atoms with Crippen LogP contribution < -0.4 is 4.74 Å². The number of likely N-dealkylation sites (N-methyl/N-ethyl adjacent to an activating group) is 1. The first-order valence-corrected chi connectivity index (χ1v) is 10.6. The van der Waals surface area contributed by atoms with E-state index in [1.165, 1.54) is 19.2 Å². The van der Waals surface area contributed by atoms with Crippen molar-refractivity contribution >= 4 is 17.0 Å². The monoisotopic (exact) mass is 448 g/mol.